The third-order valence-corrected chi connectivity index (χ3v) is 4.05. The lowest BCUT2D eigenvalue weighted by atomic mass is 10.1. The van der Waals surface area contributed by atoms with E-state index in [1.807, 2.05) is 32.0 Å². The van der Waals surface area contributed by atoms with Crippen molar-refractivity contribution in [1.29, 1.82) is 0 Å². The van der Waals surface area contributed by atoms with Crippen LogP contribution in [0.1, 0.15) is 56.6 Å². The highest BCUT2D eigenvalue weighted by molar-refractivity contribution is 5.95. The Bertz CT molecular complexity index is 506. The number of anilines is 1. The van der Waals surface area contributed by atoms with E-state index in [0.29, 0.717) is 6.42 Å². The predicted molar refractivity (Wildman–Crippen MR) is 95.6 cm³/mol. The van der Waals surface area contributed by atoms with Crippen LogP contribution in [0, 0.1) is 13.8 Å². The number of para-hydroxylation sites is 1. The molecule has 23 heavy (non-hydrogen) atoms. The Balaban J connectivity index is 2.39. The fraction of sp³-hybridized carbons (Fsp3) is 0.579. The minimum Gasteiger partial charge on any atom is -0.336 e. The highest BCUT2D eigenvalue weighted by Crippen LogP contribution is 2.19. The first-order chi connectivity index (χ1) is 11.0. The summed E-state index contributed by atoms with van der Waals surface area (Å²) in [5.74, 6) is -0.109. The first-order valence-corrected chi connectivity index (χ1v) is 8.55. The van der Waals surface area contributed by atoms with Crippen molar-refractivity contribution < 1.29 is 9.59 Å². The maximum Gasteiger partial charge on any atom is 0.243 e. The maximum absolute atomic E-state index is 12.1. The van der Waals surface area contributed by atoms with E-state index < -0.39 is 0 Å². The topological polar surface area (TPSA) is 49.4 Å². The van der Waals surface area contributed by atoms with Gasteiger partial charge in [-0.25, -0.2) is 0 Å². The smallest absolute Gasteiger partial charge is 0.243 e. The van der Waals surface area contributed by atoms with Gasteiger partial charge in [0.05, 0.1) is 6.54 Å². The van der Waals surface area contributed by atoms with Crippen molar-refractivity contribution in [3.05, 3.63) is 29.3 Å². The summed E-state index contributed by atoms with van der Waals surface area (Å²) in [6, 6.07) is 5.90. The van der Waals surface area contributed by atoms with E-state index >= 15 is 0 Å². The van der Waals surface area contributed by atoms with E-state index in [4.69, 9.17) is 0 Å². The van der Waals surface area contributed by atoms with Crippen molar-refractivity contribution in [2.45, 2.75) is 59.3 Å². The molecule has 0 aliphatic heterocycles. The summed E-state index contributed by atoms with van der Waals surface area (Å²) in [5.41, 5.74) is 2.91. The Labute approximate surface area is 140 Å². The van der Waals surface area contributed by atoms with Gasteiger partial charge in [-0.1, -0.05) is 50.8 Å². The van der Waals surface area contributed by atoms with Crippen molar-refractivity contribution in [1.82, 2.24) is 4.90 Å². The van der Waals surface area contributed by atoms with Crippen LogP contribution in [-0.4, -0.2) is 30.3 Å². The molecule has 4 nitrogen and oxygen atoms in total. The molecule has 0 unspecified atom stereocenters. The number of benzene rings is 1. The first-order valence-electron chi connectivity index (χ1n) is 8.55. The number of nitrogens with one attached hydrogen (secondary N) is 1. The van der Waals surface area contributed by atoms with Crippen LogP contribution in [0.25, 0.3) is 0 Å². The molecule has 0 fully saturated rings. The van der Waals surface area contributed by atoms with Gasteiger partial charge < -0.3 is 10.2 Å². The normalized spacial score (nSPS) is 10.4. The number of rotatable bonds is 9. The molecule has 1 aromatic carbocycles. The summed E-state index contributed by atoms with van der Waals surface area (Å²) >= 11 is 0. The molecule has 0 aliphatic rings. The maximum atomic E-state index is 12.1. The zero-order valence-electron chi connectivity index (χ0n) is 14.9. The van der Waals surface area contributed by atoms with E-state index in [2.05, 4.69) is 12.2 Å². The van der Waals surface area contributed by atoms with Crippen molar-refractivity contribution in [2.75, 3.05) is 18.9 Å². The van der Waals surface area contributed by atoms with Crippen molar-refractivity contribution in [3.8, 4) is 0 Å². The summed E-state index contributed by atoms with van der Waals surface area (Å²) in [5, 5.41) is 2.92. The van der Waals surface area contributed by atoms with Gasteiger partial charge in [0.1, 0.15) is 0 Å². The summed E-state index contributed by atoms with van der Waals surface area (Å²) < 4.78 is 0. The van der Waals surface area contributed by atoms with Gasteiger partial charge in [-0.2, -0.15) is 0 Å². The zero-order chi connectivity index (χ0) is 17.2. The molecule has 0 heterocycles. The molecule has 0 spiro atoms. The molecule has 0 radical (unpaired) electrons. The summed E-state index contributed by atoms with van der Waals surface area (Å²) in [6.07, 6.45) is 6.12. The van der Waals surface area contributed by atoms with Crippen LogP contribution in [0.5, 0.6) is 0 Å². The van der Waals surface area contributed by atoms with E-state index in [0.717, 1.165) is 29.7 Å². The van der Waals surface area contributed by atoms with Gasteiger partial charge in [0.2, 0.25) is 11.8 Å². The average Bonchev–Trinajstić information content (AvgIpc) is 2.50. The molecule has 128 valence electrons. The van der Waals surface area contributed by atoms with Crippen molar-refractivity contribution in [3.63, 3.8) is 0 Å². The van der Waals surface area contributed by atoms with Gasteiger partial charge in [-0.05, 0) is 31.4 Å². The lowest BCUT2D eigenvalue weighted by Crippen LogP contribution is -2.35. The SMILES string of the molecule is CCCCCCCC(=O)N(C)CC(=O)Nc1c(C)cccc1C. The second-order valence-corrected chi connectivity index (χ2v) is 6.23. The largest absolute Gasteiger partial charge is 0.336 e. The lowest BCUT2D eigenvalue weighted by molar-refractivity contribution is -0.133. The summed E-state index contributed by atoms with van der Waals surface area (Å²) in [7, 11) is 1.69. The van der Waals surface area contributed by atoms with Crippen LogP contribution in [0.2, 0.25) is 0 Å². The van der Waals surface area contributed by atoms with Gasteiger partial charge in [0.15, 0.2) is 0 Å². The van der Waals surface area contributed by atoms with Crippen LogP contribution < -0.4 is 5.32 Å². The molecule has 0 saturated heterocycles. The monoisotopic (exact) mass is 318 g/mol. The first kappa shape index (κ1) is 19.2. The van der Waals surface area contributed by atoms with E-state index in [9.17, 15) is 9.59 Å². The molecule has 0 aliphatic carbocycles. The number of aryl methyl sites for hydroxylation is 2. The van der Waals surface area contributed by atoms with Crippen molar-refractivity contribution >= 4 is 17.5 Å². The van der Waals surface area contributed by atoms with Gasteiger partial charge in [-0.15, -0.1) is 0 Å². The van der Waals surface area contributed by atoms with Crippen LogP contribution >= 0.6 is 0 Å². The van der Waals surface area contributed by atoms with Crippen LogP contribution in [0.4, 0.5) is 5.69 Å². The highest BCUT2D eigenvalue weighted by Gasteiger charge is 2.14. The molecule has 2 amide bonds. The molecule has 0 bridgehead atoms. The van der Waals surface area contributed by atoms with Gasteiger partial charge in [-0.3, -0.25) is 9.59 Å². The fourth-order valence-electron chi connectivity index (χ4n) is 2.56. The quantitative estimate of drug-likeness (QED) is 0.698. The molecular formula is C19H30N2O2. The van der Waals surface area contributed by atoms with Gasteiger partial charge >= 0.3 is 0 Å². The Kier molecular flexibility index (Phi) is 8.38. The van der Waals surface area contributed by atoms with Crippen LogP contribution in [0.15, 0.2) is 18.2 Å². The lowest BCUT2D eigenvalue weighted by Gasteiger charge is -2.18. The molecular weight excluding hydrogens is 288 g/mol. The average molecular weight is 318 g/mol. The summed E-state index contributed by atoms with van der Waals surface area (Å²) in [6.45, 7) is 6.21. The highest BCUT2D eigenvalue weighted by atomic mass is 16.2. The van der Waals surface area contributed by atoms with Gasteiger partial charge in [0, 0.05) is 19.2 Å². The second kappa shape index (κ2) is 10.0. The van der Waals surface area contributed by atoms with E-state index in [-0.39, 0.29) is 18.4 Å². The molecule has 1 N–H and O–H groups in total. The Hall–Kier alpha value is -1.84. The van der Waals surface area contributed by atoms with Crippen LogP contribution in [0.3, 0.4) is 0 Å². The zero-order valence-corrected chi connectivity index (χ0v) is 14.9. The predicted octanol–water partition coefficient (Wildman–Crippen LogP) is 4.06. The Morgan fingerprint density at radius 3 is 2.26 bits per heavy atom. The molecule has 1 aromatic rings. The van der Waals surface area contributed by atoms with E-state index in [1.165, 1.54) is 24.2 Å². The molecule has 4 heteroatoms. The number of hydrogen-bond donors (Lipinski definition) is 1. The number of amides is 2. The van der Waals surface area contributed by atoms with Crippen molar-refractivity contribution in [2.24, 2.45) is 0 Å². The van der Waals surface area contributed by atoms with Gasteiger partial charge in [0.25, 0.3) is 0 Å². The Morgan fingerprint density at radius 2 is 1.65 bits per heavy atom. The number of unbranched alkanes of at least 4 members (excludes halogenated alkanes) is 4. The minimum atomic E-state index is -0.149. The van der Waals surface area contributed by atoms with E-state index in [1.54, 1.807) is 7.05 Å². The number of likely N-dealkylation sites (N-methyl/N-ethyl adjacent to an activating group) is 1. The number of carbonyl (C=O) groups excluding carboxylic acids is 2. The minimum absolute atomic E-state index is 0.0400. The number of hydrogen-bond acceptors (Lipinski definition) is 2. The molecule has 1 rings (SSSR count). The Morgan fingerprint density at radius 1 is 1.04 bits per heavy atom. The third kappa shape index (κ3) is 6.85. The second-order valence-electron chi connectivity index (χ2n) is 6.23. The molecule has 0 aromatic heterocycles. The number of carbonyl (C=O) groups is 2. The fourth-order valence-corrected chi connectivity index (χ4v) is 2.56. The third-order valence-electron chi connectivity index (χ3n) is 4.05. The summed E-state index contributed by atoms with van der Waals surface area (Å²) in [4.78, 5) is 25.7. The molecule has 0 atom stereocenters. The van der Waals surface area contributed by atoms with Crippen LogP contribution in [-0.2, 0) is 9.59 Å². The molecule has 0 saturated carbocycles. The number of nitrogens with zero attached hydrogens (tertiary/aromatic N) is 1. The standard InChI is InChI=1S/C19H30N2O2/c1-5-6-7-8-9-13-18(23)21(4)14-17(22)20-19-15(2)11-10-12-16(19)3/h10-12H,5-9,13-14H2,1-4H3,(H,20,22).